The molecule has 2 aromatic carbocycles. The van der Waals surface area contributed by atoms with E-state index in [-0.39, 0.29) is 6.42 Å². The molecule has 2 N–H and O–H groups in total. The van der Waals surface area contributed by atoms with E-state index in [0.717, 1.165) is 24.0 Å². The van der Waals surface area contributed by atoms with Crippen molar-refractivity contribution in [2.45, 2.75) is 102 Å². The summed E-state index contributed by atoms with van der Waals surface area (Å²) in [6, 6.07) is 19.5. The van der Waals surface area contributed by atoms with Gasteiger partial charge >= 0.3 is 0 Å². The molecule has 0 saturated carbocycles. The Balaban J connectivity index is 1.90. The zero-order valence-corrected chi connectivity index (χ0v) is 20.6. The van der Waals surface area contributed by atoms with Crippen molar-refractivity contribution in [1.82, 2.24) is 0 Å². The van der Waals surface area contributed by atoms with Crippen molar-refractivity contribution in [3.63, 3.8) is 0 Å². The Morgan fingerprint density at radius 3 is 1.85 bits per heavy atom. The Bertz CT molecular complexity index is 786. The number of aliphatic hydroxyl groups excluding tert-OH is 2. The summed E-state index contributed by atoms with van der Waals surface area (Å²) >= 11 is 0. The molecule has 0 aliphatic rings. The van der Waals surface area contributed by atoms with E-state index in [1.807, 2.05) is 60.7 Å². The Morgan fingerprint density at radius 2 is 1.29 bits per heavy atom. The van der Waals surface area contributed by atoms with Crippen LogP contribution >= 0.6 is 0 Å². The van der Waals surface area contributed by atoms with Gasteiger partial charge in [0.15, 0.2) is 0 Å². The smallest absolute Gasteiger partial charge is 0.146 e. The fourth-order valence-corrected chi connectivity index (χ4v) is 4.03. The summed E-state index contributed by atoms with van der Waals surface area (Å²) in [5.41, 5.74) is 1.99. The van der Waals surface area contributed by atoms with Gasteiger partial charge in [-0.25, -0.2) is 0 Å². The highest BCUT2D eigenvalue weighted by Crippen LogP contribution is 2.19. The second kappa shape index (κ2) is 17.3. The fourth-order valence-electron chi connectivity index (χ4n) is 4.03. The van der Waals surface area contributed by atoms with Gasteiger partial charge in [-0.3, -0.25) is 0 Å². The fraction of sp³-hybridized carbons (Fsp3) is 0.533. The predicted molar refractivity (Wildman–Crippen MR) is 138 cm³/mol. The maximum absolute atomic E-state index is 11.0. The molecule has 0 spiro atoms. The number of hydrogen-bond donors (Lipinski definition) is 2. The number of unbranched alkanes of at least 4 members (excludes halogenated alkanes) is 6. The average Bonchev–Trinajstić information content (AvgIpc) is 2.86. The first kappa shape index (κ1) is 28.1. The molecule has 0 radical (unpaired) electrons. The Morgan fingerprint density at radius 1 is 0.765 bits per heavy atom. The van der Waals surface area contributed by atoms with Crippen LogP contribution in [0.3, 0.4) is 0 Å². The number of terminal acetylenes is 1. The van der Waals surface area contributed by atoms with Gasteiger partial charge in [0.1, 0.15) is 12.2 Å². The van der Waals surface area contributed by atoms with Gasteiger partial charge in [0.25, 0.3) is 0 Å². The number of benzene rings is 2. The van der Waals surface area contributed by atoms with E-state index in [0.29, 0.717) is 19.6 Å². The third kappa shape index (κ3) is 11.3. The zero-order chi connectivity index (χ0) is 24.4. The van der Waals surface area contributed by atoms with Crippen LogP contribution in [0.4, 0.5) is 0 Å². The second-order valence-corrected chi connectivity index (χ2v) is 9.01. The second-order valence-electron chi connectivity index (χ2n) is 9.01. The van der Waals surface area contributed by atoms with Crippen molar-refractivity contribution in [1.29, 1.82) is 0 Å². The van der Waals surface area contributed by atoms with Crippen LogP contribution in [0.15, 0.2) is 60.7 Å². The van der Waals surface area contributed by atoms with Gasteiger partial charge in [-0.1, -0.05) is 118 Å². The summed E-state index contributed by atoms with van der Waals surface area (Å²) in [5.74, 6) is 2.65. The summed E-state index contributed by atoms with van der Waals surface area (Å²) in [4.78, 5) is 0. The van der Waals surface area contributed by atoms with E-state index < -0.39 is 24.4 Å². The van der Waals surface area contributed by atoms with Gasteiger partial charge in [0, 0.05) is 6.42 Å². The Labute approximate surface area is 206 Å². The highest BCUT2D eigenvalue weighted by molar-refractivity contribution is 5.15. The van der Waals surface area contributed by atoms with Crippen LogP contribution in [0.5, 0.6) is 0 Å². The minimum atomic E-state index is -0.930. The van der Waals surface area contributed by atoms with Crippen molar-refractivity contribution in [2.24, 2.45) is 0 Å². The maximum Gasteiger partial charge on any atom is 0.146 e. The van der Waals surface area contributed by atoms with E-state index in [1.165, 1.54) is 32.1 Å². The normalized spacial score (nSPS) is 14.8. The van der Waals surface area contributed by atoms with Crippen molar-refractivity contribution in [3.8, 4) is 12.3 Å². The predicted octanol–water partition coefficient (Wildman–Crippen LogP) is 6.04. The molecule has 0 heterocycles. The maximum atomic E-state index is 11.0. The van der Waals surface area contributed by atoms with Crippen LogP contribution < -0.4 is 0 Å². The van der Waals surface area contributed by atoms with Crippen LogP contribution in [0.25, 0.3) is 0 Å². The highest BCUT2D eigenvalue weighted by Gasteiger charge is 2.30. The van der Waals surface area contributed by atoms with Gasteiger partial charge in [-0.2, -0.15) is 0 Å². The number of hydrogen-bond acceptors (Lipinski definition) is 4. The minimum Gasteiger partial charge on any atom is -0.393 e. The number of aliphatic hydroxyl groups is 2. The van der Waals surface area contributed by atoms with Crippen molar-refractivity contribution < 1.29 is 19.7 Å². The molecule has 186 valence electrons. The third-order valence-corrected chi connectivity index (χ3v) is 6.05. The summed E-state index contributed by atoms with van der Waals surface area (Å²) in [6.45, 7) is 2.85. The molecule has 0 aliphatic carbocycles. The highest BCUT2D eigenvalue weighted by atomic mass is 16.5. The van der Waals surface area contributed by atoms with Gasteiger partial charge < -0.3 is 19.7 Å². The van der Waals surface area contributed by atoms with Gasteiger partial charge in [-0.15, -0.1) is 6.42 Å². The van der Waals surface area contributed by atoms with E-state index in [1.54, 1.807) is 0 Å². The van der Waals surface area contributed by atoms with Crippen LogP contribution in [-0.4, -0.2) is 34.6 Å². The Kier molecular flexibility index (Phi) is 14.3. The minimum absolute atomic E-state index is 0.210. The quantitative estimate of drug-likeness (QED) is 0.208. The first-order valence-corrected chi connectivity index (χ1v) is 12.8. The first-order chi connectivity index (χ1) is 16.6. The van der Waals surface area contributed by atoms with Crippen molar-refractivity contribution >= 4 is 0 Å². The summed E-state index contributed by atoms with van der Waals surface area (Å²) in [6.07, 6.45) is 12.0. The standard InChI is InChI=1S/C30H42O4/c1-3-5-6-7-8-9-16-21-27(31)22-28(32)30(34-24-26-19-14-11-15-20-26)29(4-2)33-23-25-17-12-10-13-18-25/h2,10-15,17-20,27-32H,3,5-9,16,21-24H2,1H3/t27-,28-,29+,30-/m1/s1. The third-order valence-electron chi connectivity index (χ3n) is 6.05. The lowest BCUT2D eigenvalue weighted by molar-refractivity contribution is -0.121. The lowest BCUT2D eigenvalue weighted by atomic mass is 9.98. The molecule has 0 fully saturated rings. The molecule has 0 bridgehead atoms. The monoisotopic (exact) mass is 466 g/mol. The molecule has 0 saturated heterocycles. The molecule has 0 aromatic heterocycles. The average molecular weight is 467 g/mol. The topological polar surface area (TPSA) is 58.9 Å². The zero-order valence-electron chi connectivity index (χ0n) is 20.6. The lowest BCUT2D eigenvalue weighted by Gasteiger charge is -2.29. The van der Waals surface area contributed by atoms with E-state index in [4.69, 9.17) is 15.9 Å². The number of rotatable bonds is 18. The summed E-state index contributed by atoms with van der Waals surface area (Å²) in [7, 11) is 0. The molecule has 4 nitrogen and oxygen atoms in total. The largest absolute Gasteiger partial charge is 0.393 e. The van der Waals surface area contributed by atoms with Gasteiger partial charge in [-0.05, 0) is 17.5 Å². The van der Waals surface area contributed by atoms with Crippen LogP contribution in [0.1, 0.15) is 75.8 Å². The summed E-state index contributed by atoms with van der Waals surface area (Å²) in [5, 5.41) is 21.5. The molecule has 2 aromatic rings. The molecular weight excluding hydrogens is 424 g/mol. The van der Waals surface area contributed by atoms with Gasteiger partial charge in [0.05, 0.1) is 25.4 Å². The van der Waals surface area contributed by atoms with Gasteiger partial charge in [0.2, 0.25) is 0 Å². The molecule has 2 rings (SSSR count). The molecule has 34 heavy (non-hydrogen) atoms. The molecule has 4 atom stereocenters. The van der Waals surface area contributed by atoms with Crippen LogP contribution in [0, 0.1) is 12.3 Å². The molecule has 4 heteroatoms. The Hall–Kier alpha value is -2.16. The summed E-state index contributed by atoms with van der Waals surface area (Å²) < 4.78 is 12.1. The van der Waals surface area contributed by atoms with E-state index in [9.17, 15) is 10.2 Å². The van der Waals surface area contributed by atoms with Crippen molar-refractivity contribution in [2.75, 3.05) is 0 Å². The van der Waals surface area contributed by atoms with Crippen molar-refractivity contribution in [3.05, 3.63) is 71.8 Å². The molecular formula is C30H42O4. The van der Waals surface area contributed by atoms with Crippen LogP contribution in [-0.2, 0) is 22.7 Å². The van der Waals surface area contributed by atoms with E-state index in [2.05, 4.69) is 12.8 Å². The molecule has 0 unspecified atom stereocenters. The molecule has 0 amide bonds. The van der Waals surface area contributed by atoms with Crippen LogP contribution in [0.2, 0.25) is 0 Å². The molecule has 0 aliphatic heterocycles. The van der Waals surface area contributed by atoms with E-state index >= 15 is 0 Å². The first-order valence-electron chi connectivity index (χ1n) is 12.8. The SMILES string of the molecule is C#C[C@H](OCc1ccccc1)[C@H](OCc1ccccc1)[C@H](O)C[C@H](O)CCCCCCCCC. The lowest BCUT2D eigenvalue weighted by Crippen LogP contribution is -2.42. The number of ether oxygens (including phenoxy) is 2.